The van der Waals surface area contributed by atoms with Gasteiger partial charge in [-0.25, -0.2) is 8.42 Å². The van der Waals surface area contributed by atoms with Gasteiger partial charge >= 0.3 is 6.18 Å². The highest BCUT2D eigenvalue weighted by molar-refractivity contribution is 7.91. The highest BCUT2D eigenvalue weighted by Crippen LogP contribution is 2.45. The molecule has 2 aromatic rings. The summed E-state index contributed by atoms with van der Waals surface area (Å²) < 4.78 is 69.6. The molecule has 2 N–H and O–H groups in total. The Kier molecular flexibility index (Phi) is 9.79. The molecule has 1 unspecified atom stereocenters. The van der Waals surface area contributed by atoms with E-state index in [9.17, 15) is 31.5 Å². The van der Waals surface area contributed by atoms with Gasteiger partial charge in [0, 0.05) is 32.5 Å². The lowest BCUT2D eigenvalue weighted by molar-refractivity contribution is -0.184. The van der Waals surface area contributed by atoms with Gasteiger partial charge in [-0.1, -0.05) is 19.1 Å². The Morgan fingerprint density at radius 2 is 1.79 bits per heavy atom. The summed E-state index contributed by atoms with van der Waals surface area (Å²) in [5.41, 5.74) is 2.77. The van der Waals surface area contributed by atoms with Gasteiger partial charge in [0.2, 0.25) is 0 Å². The number of rotatable bonds is 9. The Balaban J connectivity index is 1.30. The van der Waals surface area contributed by atoms with Gasteiger partial charge in [-0.15, -0.1) is 0 Å². The van der Waals surface area contributed by atoms with E-state index in [1.54, 1.807) is 25.3 Å². The molecular formula is C31H40F3N3O5S. The summed E-state index contributed by atoms with van der Waals surface area (Å²) in [7, 11) is -3.37. The first kappa shape index (κ1) is 31.9. The Morgan fingerprint density at radius 1 is 1.12 bits per heavy atom. The van der Waals surface area contributed by atoms with Crippen LogP contribution in [-0.2, 0) is 21.1 Å². The molecule has 2 aliphatic heterocycles. The van der Waals surface area contributed by atoms with Crippen molar-refractivity contribution in [2.24, 2.45) is 17.8 Å². The van der Waals surface area contributed by atoms with Gasteiger partial charge in [-0.05, 0) is 79.7 Å². The van der Waals surface area contributed by atoms with Crippen LogP contribution in [0.15, 0.2) is 41.4 Å². The van der Waals surface area contributed by atoms with Crippen LogP contribution in [0.25, 0.3) is 0 Å². The molecular weight excluding hydrogens is 583 g/mol. The number of carbonyl (C=O) groups is 1. The Labute approximate surface area is 250 Å². The third-order valence-corrected chi connectivity index (χ3v) is 11.1. The van der Waals surface area contributed by atoms with Gasteiger partial charge in [-0.2, -0.15) is 13.2 Å². The summed E-state index contributed by atoms with van der Waals surface area (Å²) in [6, 6.07) is 7.24. The van der Waals surface area contributed by atoms with E-state index in [2.05, 4.69) is 10.2 Å². The fourth-order valence-corrected chi connectivity index (χ4v) is 7.70. The Hall–Kier alpha value is -2.54. The number of nitrogens with one attached hydrogen (secondary N) is 1. The van der Waals surface area contributed by atoms with E-state index in [0.717, 1.165) is 24.1 Å². The van der Waals surface area contributed by atoms with Crippen molar-refractivity contribution in [1.29, 1.82) is 0 Å². The van der Waals surface area contributed by atoms with Crippen molar-refractivity contribution >= 4 is 15.7 Å². The molecule has 1 aliphatic carbocycles. The number of halogens is 3. The molecule has 0 radical (unpaired) electrons. The molecule has 1 aromatic heterocycles. The first-order valence-electron chi connectivity index (χ1n) is 15.1. The number of fused-ring (bicyclic) bond motifs is 1. The summed E-state index contributed by atoms with van der Waals surface area (Å²) in [6.07, 6.45) is 0.604. The average Bonchev–Trinajstić information content (AvgIpc) is 3.37. The normalized spacial score (nSPS) is 24.4. The topological polar surface area (TPSA) is 109 Å². The number of ether oxygens (including phenoxy) is 1. The van der Waals surface area contributed by atoms with Crippen LogP contribution >= 0.6 is 0 Å². The maximum atomic E-state index is 13.3. The fourth-order valence-electron chi connectivity index (χ4n) is 6.81. The number of pyridine rings is 1. The van der Waals surface area contributed by atoms with Crippen molar-refractivity contribution in [3.63, 3.8) is 0 Å². The lowest BCUT2D eigenvalue weighted by atomic mass is 9.81. The second-order valence-electron chi connectivity index (χ2n) is 12.0. The van der Waals surface area contributed by atoms with Crippen LogP contribution in [0.4, 0.5) is 13.2 Å². The highest BCUT2D eigenvalue weighted by atomic mass is 32.2. The van der Waals surface area contributed by atoms with Gasteiger partial charge in [0.1, 0.15) is 0 Å². The summed E-state index contributed by atoms with van der Waals surface area (Å²) in [4.78, 5) is 20.6. The fraction of sp³-hybridized carbons (Fsp3) is 0.613. The number of aliphatic hydroxyl groups excluding tert-OH is 1. The number of benzene rings is 1. The number of aliphatic hydroxyl groups is 1. The van der Waals surface area contributed by atoms with E-state index >= 15 is 0 Å². The molecule has 2 atom stereocenters. The van der Waals surface area contributed by atoms with E-state index in [0.29, 0.717) is 56.2 Å². The molecule has 2 fully saturated rings. The molecule has 0 bridgehead atoms. The second kappa shape index (κ2) is 13.2. The van der Waals surface area contributed by atoms with E-state index in [4.69, 9.17) is 9.72 Å². The molecule has 43 heavy (non-hydrogen) atoms. The number of sulfone groups is 1. The number of amides is 1. The van der Waals surface area contributed by atoms with E-state index in [1.165, 1.54) is 12.1 Å². The summed E-state index contributed by atoms with van der Waals surface area (Å²) in [6.45, 7) is 3.78. The van der Waals surface area contributed by atoms with Gasteiger partial charge < -0.3 is 15.2 Å². The summed E-state index contributed by atoms with van der Waals surface area (Å²) >= 11 is 0. The number of hydrogen-bond acceptors (Lipinski definition) is 7. The Bertz CT molecular complexity index is 1370. The lowest BCUT2D eigenvalue weighted by Crippen LogP contribution is -2.37. The van der Waals surface area contributed by atoms with Crippen LogP contribution in [0, 0.1) is 17.8 Å². The van der Waals surface area contributed by atoms with Crippen LogP contribution in [0.3, 0.4) is 0 Å². The molecule has 236 valence electrons. The van der Waals surface area contributed by atoms with E-state index in [1.807, 2.05) is 6.07 Å². The second-order valence-corrected chi connectivity index (χ2v) is 14.3. The van der Waals surface area contributed by atoms with Crippen molar-refractivity contribution in [3.8, 4) is 0 Å². The third kappa shape index (κ3) is 7.24. The molecule has 12 heteroatoms. The minimum Gasteiger partial charge on any atom is -0.394 e. The zero-order chi connectivity index (χ0) is 30.8. The predicted molar refractivity (Wildman–Crippen MR) is 154 cm³/mol. The Morgan fingerprint density at radius 3 is 2.40 bits per heavy atom. The minimum atomic E-state index is -4.13. The molecule has 0 spiro atoms. The average molecular weight is 624 g/mol. The number of alkyl halides is 3. The number of hydrogen-bond donors (Lipinski definition) is 2. The van der Waals surface area contributed by atoms with Crippen molar-refractivity contribution in [3.05, 3.63) is 58.9 Å². The first-order valence-corrected chi connectivity index (χ1v) is 16.8. The van der Waals surface area contributed by atoms with Crippen molar-refractivity contribution in [2.75, 3.05) is 32.1 Å². The van der Waals surface area contributed by atoms with Gasteiger partial charge in [0.05, 0.1) is 46.5 Å². The molecule has 1 saturated carbocycles. The molecule has 3 heterocycles. The highest BCUT2D eigenvalue weighted by Gasteiger charge is 2.43. The number of nitrogens with zero attached hydrogens (tertiary/aromatic N) is 2. The van der Waals surface area contributed by atoms with Crippen molar-refractivity contribution in [1.82, 2.24) is 15.2 Å². The summed E-state index contributed by atoms with van der Waals surface area (Å²) in [5.74, 6) is -1.15. The van der Waals surface area contributed by atoms with E-state index < -0.39 is 33.9 Å². The van der Waals surface area contributed by atoms with Gasteiger partial charge in [0.25, 0.3) is 5.91 Å². The van der Waals surface area contributed by atoms with Crippen LogP contribution in [0.2, 0.25) is 0 Å². The molecule has 5 rings (SSSR count). The number of carbonyl (C=O) groups excluding carboxylic acids is 1. The summed E-state index contributed by atoms with van der Waals surface area (Å²) in [5, 5.41) is 12.8. The lowest BCUT2D eigenvalue weighted by Gasteiger charge is -2.37. The van der Waals surface area contributed by atoms with Crippen molar-refractivity contribution < 1.29 is 36.2 Å². The molecule has 8 nitrogen and oxygen atoms in total. The standard InChI is InChI=1S/C31H40F3N3O5S/c1-2-43(40,41)26-9-5-21(6-10-26)27(19-38)36-30(39)23-15-24-18-37(17-20-3-7-25(8-4-20)31(32,33)34)29(28(24)35-16-23)22-11-13-42-14-12-22/h5-6,9-10,15-16,20,22,25,27,29,38H,2-4,7-8,11-14,17-19H2,1H3,(H,36,39)/t20?,25?,27-,29?/m0/s1. The minimum absolute atomic E-state index is 0.0240. The molecule has 1 saturated heterocycles. The van der Waals surface area contributed by atoms with Crippen LogP contribution in [0.1, 0.15) is 84.7 Å². The predicted octanol–water partition coefficient (Wildman–Crippen LogP) is 4.99. The first-order chi connectivity index (χ1) is 20.5. The zero-order valence-corrected chi connectivity index (χ0v) is 25.2. The molecule has 1 aromatic carbocycles. The number of aromatic nitrogens is 1. The SMILES string of the molecule is CCS(=O)(=O)c1ccc([C@H](CO)NC(=O)c2cnc3c(c2)CN(CC2CCC(C(F)(F)F)CC2)C3C2CCOCC2)cc1. The maximum absolute atomic E-state index is 13.3. The monoisotopic (exact) mass is 623 g/mol. The van der Waals surface area contributed by atoms with Crippen molar-refractivity contribution in [2.45, 2.75) is 75.1 Å². The van der Waals surface area contributed by atoms with Gasteiger partial charge in [-0.3, -0.25) is 14.7 Å². The van der Waals surface area contributed by atoms with Gasteiger partial charge in [0.15, 0.2) is 9.84 Å². The van der Waals surface area contributed by atoms with Crippen LogP contribution in [-0.4, -0.2) is 67.6 Å². The van der Waals surface area contributed by atoms with E-state index in [-0.39, 0.29) is 42.1 Å². The van der Waals surface area contributed by atoms with Crippen LogP contribution < -0.4 is 5.32 Å². The molecule has 1 amide bonds. The third-order valence-electron chi connectivity index (χ3n) is 9.34. The largest absolute Gasteiger partial charge is 0.394 e. The smallest absolute Gasteiger partial charge is 0.391 e. The quantitative estimate of drug-likeness (QED) is 0.405. The maximum Gasteiger partial charge on any atom is 0.391 e. The van der Waals surface area contributed by atoms with Crippen LogP contribution in [0.5, 0.6) is 0 Å². The molecule has 3 aliphatic rings. The zero-order valence-electron chi connectivity index (χ0n) is 24.4.